The molecular formula is C61H41NS. The smallest absolute Gasteiger partial charge is 0.0714 e. The second-order valence-electron chi connectivity index (χ2n) is 16.4. The molecule has 0 saturated carbocycles. The van der Waals surface area contributed by atoms with Crippen LogP contribution in [0.3, 0.4) is 0 Å². The maximum Gasteiger partial charge on any atom is 0.0714 e. The van der Waals surface area contributed by atoms with Crippen molar-refractivity contribution < 1.29 is 0 Å². The summed E-state index contributed by atoms with van der Waals surface area (Å²) in [4.78, 5) is 2.51. The van der Waals surface area contributed by atoms with Crippen molar-refractivity contribution in [2.75, 3.05) is 4.90 Å². The van der Waals surface area contributed by atoms with Gasteiger partial charge in [-0.25, -0.2) is 0 Å². The lowest BCUT2D eigenvalue weighted by molar-refractivity contribution is 0.768. The van der Waals surface area contributed by atoms with Gasteiger partial charge in [0.2, 0.25) is 0 Å². The van der Waals surface area contributed by atoms with E-state index in [0.29, 0.717) is 0 Å². The van der Waals surface area contributed by atoms with Crippen molar-refractivity contribution in [3.8, 4) is 44.5 Å². The van der Waals surface area contributed by atoms with Crippen molar-refractivity contribution in [2.24, 2.45) is 0 Å². The topological polar surface area (TPSA) is 3.24 Å². The van der Waals surface area contributed by atoms with E-state index in [4.69, 9.17) is 0 Å². The fourth-order valence-corrected chi connectivity index (χ4v) is 11.2. The highest BCUT2D eigenvalue weighted by atomic mass is 32.1. The molecular weight excluding hydrogens is 779 g/mol. The summed E-state index contributed by atoms with van der Waals surface area (Å²) in [5.74, 6) is 0. The third-order valence-corrected chi connectivity index (χ3v) is 14.1. The Balaban J connectivity index is 1.14. The highest BCUT2D eigenvalue weighted by molar-refractivity contribution is 7.25. The minimum Gasteiger partial charge on any atom is -0.310 e. The summed E-state index contributed by atoms with van der Waals surface area (Å²) in [6.45, 7) is 0. The third kappa shape index (κ3) is 6.14. The van der Waals surface area contributed by atoms with Crippen molar-refractivity contribution in [3.05, 3.63) is 271 Å². The van der Waals surface area contributed by atoms with Crippen LogP contribution in [0.25, 0.3) is 64.7 Å². The lowest BCUT2D eigenvalue weighted by atomic mass is 9.67. The van der Waals surface area contributed by atoms with Gasteiger partial charge in [0, 0.05) is 37.1 Å². The van der Waals surface area contributed by atoms with Gasteiger partial charge in [-0.2, -0.15) is 0 Å². The summed E-state index contributed by atoms with van der Waals surface area (Å²) in [6, 6.07) is 91.7. The van der Waals surface area contributed by atoms with Gasteiger partial charge >= 0.3 is 0 Å². The van der Waals surface area contributed by atoms with E-state index < -0.39 is 5.41 Å². The number of anilines is 3. The van der Waals surface area contributed by atoms with Gasteiger partial charge in [0.05, 0.1) is 11.1 Å². The number of thiophene rings is 1. The largest absolute Gasteiger partial charge is 0.310 e. The monoisotopic (exact) mass is 819 g/mol. The first kappa shape index (κ1) is 37.0. The first-order chi connectivity index (χ1) is 31.2. The number of benzene rings is 10. The zero-order chi connectivity index (χ0) is 41.7. The molecule has 296 valence electrons. The molecule has 1 heterocycles. The van der Waals surface area contributed by atoms with Gasteiger partial charge in [-0.1, -0.05) is 200 Å². The van der Waals surface area contributed by atoms with Crippen LogP contribution in [0.4, 0.5) is 17.1 Å². The predicted octanol–water partition coefficient (Wildman–Crippen LogP) is 16.9. The summed E-state index contributed by atoms with van der Waals surface area (Å²) in [5, 5.41) is 2.55. The zero-order valence-electron chi connectivity index (χ0n) is 34.5. The fourth-order valence-electron chi connectivity index (χ4n) is 10.1. The first-order valence-corrected chi connectivity index (χ1v) is 22.5. The molecule has 0 N–H and O–H groups in total. The molecule has 0 aliphatic heterocycles. The van der Waals surface area contributed by atoms with Gasteiger partial charge in [0.1, 0.15) is 0 Å². The zero-order valence-corrected chi connectivity index (χ0v) is 35.3. The quantitative estimate of drug-likeness (QED) is 0.148. The summed E-state index contributed by atoms with van der Waals surface area (Å²) in [6.07, 6.45) is 0. The van der Waals surface area contributed by atoms with Crippen molar-refractivity contribution in [3.63, 3.8) is 0 Å². The molecule has 63 heavy (non-hydrogen) atoms. The molecule has 0 radical (unpaired) electrons. The van der Waals surface area contributed by atoms with Crippen LogP contribution < -0.4 is 4.90 Å². The Bertz CT molecular complexity index is 3390. The molecule has 1 aliphatic carbocycles. The van der Waals surface area contributed by atoms with Crippen molar-refractivity contribution in [2.45, 2.75) is 5.41 Å². The van der Waals surface area contributed by atoms with Crippen LogP contribution in [0.5, 0.6) is 0 Å². The van der Waals surface area contributed by atoms with Crippen LogP contribution in [0.15, 0.2) is 249 Å². The normalized spacial score (nSPS) is 12.6. The Morgan fingerprint density at radius 2 is 0.810 bits per heavy atom. The summed E-state index contributed by atoms with van der Waals surface area (Å²) in [7, 11) is 0. The number of fused-ring (bicyclic) bond motifs is 6. The molecule has 0 atom stereocenters. The Morgan fingerprint density at radius 1 is 0.302 bits per heavy atom. The van der Waals surface area contributed by atoms with E-state index in [2.05, 4.69) is 254 Å². The van der Waals surface area contributed by atoms with Gasteiger partial charge in [-0.3, -0.25) is 0 Å². The Hall–Kier alpha value is -7.78. The maximum atomic E-state index is 2.51. The predicted molar refractivity (Wildman–Crippen MR) is 268 cm³/mol. The third-order valence-electron chi connectivity index (χ3n) is 13.0. The average Bonchev–Trinajstić information content (AvgIpc) is 3.89. The highest BCUT2D eigenvalue weighted by Crippen LogP contribution is 2.57. The number of hydrogen-bond donors (Lipinski definition) is 0. The van der Waals surface area contributed by atoms with Gasteiger partial charge in [-0.15, -0.1) is 11.3 Å². The van der Waals surface area contributed by atoms with Gasteiger partial charge < -0.3 is 4.90 Å². The van der Waals surface area contributed by atoms with E-state index in [-0.39, 0.29) is 0 Å². The van der Waals surface area contributed by atoms with Gasteiger partial charge in [0.25, 0.3) is 0 Å². The molecule has 0 saturated heterocycles. The van der Waals surface area contributed by atoms with E-state index in [1.54, 1.807) is 0 Å². The lowest BCUT2D eigenvalue weighted by Crippen LogP contribution is -2.28. The summed E-state index contributed by atoms with van der Waals surface area (Å²) in [5.41, 5.74) is 17.5. The van der Waals surface area contributed by atoms with E-state index in [9.17, 15) is 0 Å². The van der Waals surface area contributed by atoms with Crippen LogP contribution in [-0.4, -0.2) is 0 Å². The molecule has 11 aromatic rings. The molecule has 12 rings (SSSR count). The van der Waals surface area contributed by atoms with E-state index >= 15 is 0 Å². The van der Waals surface area contributed by atoms with Crippen LogP contribution in [0.1, 0.15) is 22.3 Å². The molecule has 0 unspecified atom stereocenters. The lowest BCUT2D eigenvalue weighted by Gasteiger charge is -2.35. The van der Waals surface area contributed by atoms with Gasteiger partial charge in [0.15, 0.2) is 0 Å². The second-order valence-corrected chi connectivity index (χ2v) is 17.5. The van der Waals surface area contributed by atoms with Crippen LogP contribution >= 0.6 is 11.3 Å². The van der Waals surface area contributed by atoms with E-state index in [0.717, 1.165) is 28.2 Å². The van der Waals surface area contributed by atoms with Crippen molar-refractivity contribution in [1.82, 2.24) is 0 Å². The second kappa shape index (κ2) is 15.3. The molecule has 0 spiro atoms. The Morgan fingerprint density at radius 3 is 1.52 bits per heavy atom. The van der Waals surface area contributed by atoms with Crippen LogP contribution in [-0.2, 0) is 5.41 Å². The van der Waals surface area contributed by atoms with Crippen LogP contribution in [0, 0.1) is 0 Å². The number of rotatable bonds is 8. The standard InChI is InChI=1S/C61H41NS/c1-5-17-42(18-6-1)44-29-31-45(32-30-44)54-39-46(43-19-7-2-8-20-43)33-37-58(54)62(49-35-38-60-55(40-49)53-26-14-16-28-59(53)63-60)50-34-36-52-51-25-13-15-27-56(51)61(57(52)41-50,47-21-9-3-10-22-47)48-23-11-4-12-24-48/h1-41H. The molecule has 0 fully saturated rings. The molecule has 1 aromatic heterocycles. The molecule has 1 nitrogen and oxygen atoms in total. The number of nitrogens with zero attached hydrogens (tertiary/aromatic N) is 1. The fraction of sp³-hybridized carbons (Fsp3) is 0.0164. The summed E-state index contributed by atoms with van der Waals surface area (Å²) < 4.78 is 2.58. The highest BCUT2D eigenvalue weighted by Gasteiger charge is 2.46. The van der Waals surface area contributed by atoms with Crippen molar-refractivity contribution in [1.29, 1.82) is 0 Å². The molecule has 0 bridgehead atoms. The van der Waals surface area contributed by atoms with Crippen LogP contribution in [0.2, 0.25) is 0 Å². The number of hydrogen-bond acceptors (Lipinski definition) is 2. The summed E-state index contributed by atoms with van der Waals surface area (Å²) >= 11 is 1.86. The first-order valence-electron chi connectivity index (χ1n) is 21.7. The molecule has 0 amide bonds. The maximum absolute atomic E-state index is 2.51. The Labute approximate surface area is 372 Å². The average molecular weight is 820 g/mol. The molecule has 10 aromatic carbocycles. The van der Waals surface area contributed by atoms with Gasteiger partial charge in [-0.05, 0) is 110 Å². The minimum absolute atomic E-state index is 0.531. The van der Waals surface area contributed by atoms with Crippen molar-refractivity contribution >= 4 is 48.6 Å². The van der Waals surface area contributed by atoms with E-state index in [1.165, 1.54) is 75.8 Å². The molecule has 1 aliphatic rings. The Kier molecular flexibility index (Phi) is 8.98. The molecule has 2 heteroatoms. The minimum atomic E-state index is -0.531. The SMILES string of the molecule is c1ccc(-c2ccc(-c3cc(-c4ccccc4)ccc3N(c3ccc4c(c3)C(c3ccccc3)(c3ccccc3)c3ccccc3-4)c3ccc4sc5ccccc5c4c3)cc2)cc1. The van der Waals surface area contributed by atoms with E-state index in [1.807, 2.05) is 11.3 Å².